The van der Waals surface area contributed by atoms with Crippen molar-refractivity contribution in [1.82, 2.24) is 4.90 Å². The second-order valence-corrected chi connectivity index (χ2v) is 4.73. The van der Waals surface area contributed by atoms with Crippen molar-refractivity contribution in [3.8, 4) is 0 Å². The highest BCUT2D eigenvalue weighted by atomic mass is 16.4. The predicted molar refractivity (Wildman–Crippen MR) is 67.1 cm³/mol. The fourth-order valence-electron chi connectivity index (χ4n) is 2.70. The molecule has 2 rings (SSSR count). The lowest BCUT2D eigenvalue weighted by molar-refractivity contribution is -0.137. The summed E-state index contributed by atoms with van der Waals surface area (Å²) in [5.41, 5.74) is 1.37. The minimum Gasteiger partial charge on any atom is -0.481 e. The number of carbonyl (C=O) groups is 1. The van der Waals surface area contributed by atoms with Gasteiger partial charge in [-0.15, -0.1) is 0 Å². The third-order valence-electron chi connectivity index (χ3n) is 3.73. The van der Waals surface area contributed by atoms with Crippen molar-refractivity contribution < 1.29 is 9.90 Å². The zero-order chi connectivity index (χ0) is 12.3. The minimum absolute atomic E-state index is 0.242. The van der Waals surface area contributed by atoms with Gasteiger partial charge in [-0.25, -0.2) is 0 Å². The van der Waals surface area contributed by atoms with Gasteiger partial charge in [-0.1, -0.05) is 30.3 Å². The van der Waals surface area contributed by atoms with Crippen molar-refractivity contribution in [2.45, 2.75) is 31.7 Å². The molecule has 0 aromatic heterocycles. The topological polar surface area (TPSA) is 40.5 Å². The van der Waals surface area contributed by atoms with Gasteiger partial charge in [0, 0.05) is 18.5 Å². The molecule has 3 nitrogen and oxygen atoms in total. The van der Waals surface area contributed by atoms with Crippen LogP contribution in [0.15, 0.2) is 30.3 Å². The Kier molecular flexibility index (Phi) is 3.79. The molecule has 1 aromatic rings. The summed E-state index contributed by atoms with van der Waals surface area (Å²) in [5, 5.41) is 8.72. The lowest BCUT2D eigenvalue weighted by Gasteiger charge is -2.24. The van der Waals surface area contributed by atoms with E-state index in [1.165, 1.54) is 5.56 Å². The Bertz CT molecular complexity index is 377. The van der Waals surface area contributed by atoms with E-state index in [1.54, 1.807) is 0 Å². The zero-order valence-corrected chi connectivity index (χ0v) is 10.2. The van der Waals surface area contributed by atoms with Crippen molar-refractivity contribution in [3.05, 3.63) is 35.9 Å². The van der Waals surface area contributed by atoms with E-state index in [9.17, 15) is 4.79 Å². The third kappa shape index (κ3) is 2.86. The van der Waals surface area contributed by atoms with Gasteiger partial charge >= 0.3 is 5.97 Å². The minimum atomic E-state index is -0.708. The molecule has 1 aliphatic heterocycles. The average Bonchev–Trinajstić information content (AvgIpc) is 2.69. The van der Waals surface area contributed by atoms with Crippen LogP contribution >= 0.6 is 0 Å². The van der Waals surface area contributed by atoms with Gasteiger partial charge in [-0.2, -0.15) is 0 Å². The molecular weight excluding hydrogens is 214 g/mol. The van der Waals surface area contributed by atoms with Crippen molar-refractivity contribution in [1.29, 1.82) is 0 Å². The number of hydrogen-bond donors (Lipinski definition) is 1. The first kappa shape index (κ1) is 12.1. The predicted octanol–water partition coefficient (Wildman–Crippen LogP) is 2.34. The van der Waals surface area contributed by atoms with Gasteiger partial charge in [-0.3, -0.25) is 9.69 Å². The zero-order valence-electron chi connectivity index (χ0n) is 10.2. The summed E-state index contributed by atoms with van der Waals surface area (Å²) >= 11 is 0. The van der Waals surface area contributed by atoms with Gasteiger partial charge in [0.25, 0.3) is 0 Å². The Morgan fingerprint density at radius 2 is 2.12 bits per heavy atom. The van der Waals surface area contributed by atoms with E-state index in [-0.39, 0.29) is 6.42 Å². The van der Waals surface area contributed by atoms with E-state index < -0.39 is 5.97 Å². The van der Waals surface area contributed by atoms with Gasteiger partial charge < -0.3 is 5.11 Å². The molecule has 1 aromatic carbocycles. The Morgan fingerprint density at radius 3 is 2.76 bits per heavy atom. The summed E-state index contributed by atoms with van der Waals surface area (Å²) in [6.45, 7) is 3.88. The van der Waals surface area contributed by atoms with E-state index in [0.717, 1.165) is 13.0 Å². The summed E-state index contributed by atoms with van der Waals surface area (Å²) in [5.74, 6) is -0.162. The van der Waals surface area contributed by atoms with Crippen LogP contribution in [-0.4, -0.2) is 35.1 Å². The lowest BCUT2D eigenvalue weighted by Crippen LogP contribution is -2.31. The molecule has 0 amide bonds. The third-order valence-corrected chi connectivity index (χ3v) is 3.73. The molecule has 1 aliphatic rings. The monoisotopic (exact) mass is 233 g/mol. The first-order valence-corrected chi connectivity index (χ1v) is 6.19. The number of carboxylic acid groups (broad SMARTS) is 1. The Balaban J connectivity index is 1.98. The van der Waals surface area contributed by atoms with Crippen molar-refractivity contribution in [2.24, 2.45) is 0 Å². The molecule has 1 saturated heterocycles. The molecule has 0 unspecified atom stereocenters. The number of nitrogens with zero attached hydrogens (tertiary/aromatic N) is 1. The Morgan fingerprint density at radius 1 is 1.41 bits per heavy atom. The van der Waals surface area contributed by atoms with Crippen LogP contribution in [0.25, 0.3) is 0 Å². The molecule has 0 spiro atoms. The van der Waals surface area contributed by atoms with Crippen LogP contribution in [0.2, 0.25) is 0 Å². The smallest absolute Gasteiger partial charge is 0.304 e. The van der Waals surface area contributed by atoms with Crippen molar-refractivity contribution in [3.63, 3.8) is 0 Å². The first-order valence-electron chi connectivity index (χ1n) is 6.19. The van der Waals surface area contributed by atoms with Crippen molar-refractivity contribution >= 4 is 5.97 Å². The van der Waals surface area contributed by atoms with Crippen LogP contribution in [0.5, 0.6) is 0 Å². The number of benzene rings is 1. The van der Waals surface area contributed by atoms with Crippen LogP contribution in [0.3, 0.4) is 0 Å². The van der Waals surface area contributed by atoms with E-state index in [4.69, 9.17) is 5.11 Å². The first-order chi connectivity index (χ1) is 8.18. The highest BCUT2D eigenvalue weighted by Gasteiger charge is 2.31. The molecular formula is C14H19NO2. The Labute approximate surface area is 102 Å². The number of carboxylic acids is 1. The second kappa shape index (κ2) is 5.32. The number of aliphatic carboxylic acids is 1. The van der Waals surface area contributed by atoms with Crippen LogP contribution in [0, 0.1) is 0 Å². The molecule has 3 heteroatoms. The molecule has 0 aliphatic carbocycles. The maximum atomic E-state index is 10.6. The van der Waals surface area contributed by atoms with Gasteiger partial charge in [0.15, 0.2) is 0 Å². The van der Waals surface area contributed by atoms with Crippen LogP contribution in [0.4, 0.5) is 0 Å². The molecule has 0 saturated carbocycles. The van der Waals surface area contributed by atoms with Crippen LogP contribution in [0.1, 0.15) is 31.2 Å². The lowest BCUT2D eigenvalue weighted by atomic mass is 9.93. The van der Waals surface area contributed by atoms with Gasteiger partial charge in [0.1, 0.15) is 0 Å². The summed E-state index contributed by atoms with van der Waals surface area (Å²) < 4.78 is 0. The van der Waals surface area contributed by atoms with E-state index in [2.05, 4.69) is 36.1 Å². The molecule has 17 heavy (non-hydrogen) atoms. The molecule has 0 bridgehead atoms. The van der Waals surface area contributed by atoms with E-state index in [1.807, 2.05) is 6.07 Å². The Hall–Kier alpha value is -1.35. The summed E-state index contributed by atoms with van der Waals surface area (Å²) in [6, 6.07) is 11.0. The summed E-state index contributed by atoms with van der Waals surface area (Å²) in [4.78, 5) is 12.9. The SMILES string of the molecule is C[C@@H]1[C@H](c2ccccc2)CCN1CCC(=O)O. The van der Waals surface area contributed by atoms with Gasteiger partial charge in [0.05, 0.1) is 6.42 Å². The normalized spacial score (nSPS) is 25.0. The average molecular weight is 233 g/mol. The molecule has 1 heterocycles. The number of hydrogen-bond acceptors (Lipinski definition) is 2. The quantitative estimate of drug-likeness (QED) is 0.867. The fraction of sp³-hybridized carbons (Fsp3) is 0.500. The highest BCUT2D eigenvalue weighted by Crippen LogP contribution is 2.32. The fourth-order valence-corrected chi connectivity index (χ4v) is 2.70. The standard InChI is InChI=1S/C14H19NO2/c1-11-13(12-5-3-2-4-6-12)7-9-15(11)10-8-14(16)17/h2-6,11,13H,7-10H2,1H3,(H,16,17)/t11-,13-/m1/s1. The maximum Gasteiger partial charge on any atom is 0.304 e. The molecule has 92 valence electrons. The molecule has 0 radical (unpaired) electrons. The van der Waals surface area contributed by atoms with E-state index >= 15 is 0 Å². The van der Waals surface area contributed by atoms with Gasteiger partial charge in [0.2, 0.25) is 0 Å². The second-order valence-electron chi connectivity index (χ2n) is 4.73. The van der Waals surface area contributed by atoms with Gasteiger partial charge in [-0.05, 0) is 25.5 Å². The van der Waals surface area contributed by atoms with Crippen LogP contribution < -0.4 is 0 Å². The summed E-state index contributed by atoms with van der Waals surface area (Å²) in [6.07, 6.45) is 1.37. The van der Waals surface area contributed by atoms with E-state index in [0.29, 0.717) is 18.5 Å². The molecule has 1 N–H and O–H groups in total. The largest absolute Gasteiger partial charge is 0.481 e. The number of likely N-dealkylation sites (tertiary alicyclic amines) is 1. The maximum absolute atomic E-state index is 10.6. The number of rotatable bonds is 4. The van der Waals surface area contributed by atoms with Crippen molar-refractivity contribution in [2.75, 3.05) is 13.1 Å². The molecule has 2 atom stereocenters. The molecule has 1 fully saturated rings. The van der Waals surface area contributed by atoms with Crippen LogP contribution in [-0.2, 0) is 4.79 Å². The summed E-state index contributed by atoms with van der Waals surface area (Å²) in [7, 11) is 0. The highest BCUT2D eigenvalue weighted by molar-refractivity contribution is 5.66.